The molecule has 1 aromatic rings. The van der Waals surface area contributed by atoms with Crippen molar-refractivity contribution in [3.8, 4) is 0 Å². The highest BCUT2D eigenvalue weighted by molar-refractivity contribution is 7.09. The molecular formula is C12H19NS. The fourth-order valence-electron chi connectivity index (χ4n) is 2.19. The molecule has 0 aromatic carbocycles. The van der Waals surface area contributed by atoms with E-state index in [0.717, 1.165) is 18.4 Å². The maximum absolute atomic E-state index is 3.62. The van der Waals surface area contributed by atoms with E-state index in [1.165, 1.54) is 17.7 Å². The van der Waals surface area contributed by atoms with Crippen LogP contribution in [0.5, 0.6) is 0 Å². The Hall–Kier alpha value is -0.340. The minimum absolute atomic E-state index is 0.716. The zero-order valence-corrected chi connectivity index (χ0v) is 9.81. The quantitative estimate of drug-likeness (QED) is 0.786. The van der Waals surface area contributed by atoms with Crippen molar-refractivity contribution < 1.29 is 0 Å². The van der Waals surface area contributed by atoms with Crippen molar-refractivity contribution in [2.75, 3.05) is 6.54 Å². The first kappa shape index (κ1) is 10.2. The summed E-state index contributed by atoms with van der Waals surface area (Å²) in [7, 11) is 0. The number of thiophene rings is 1. The number of nitrogens with one attached hydrogen (secondary N) is 1. The van der Waals surface area contributed by atoms with Gasteiger partial charge in [0.1, 0.15) is 0 Å². The van der Waals surface area contributed by atoms with Gasteiger partial charge in [0.05, 0.1) is 0 Å². The lowest BCUT2D eigenvalue weighted by Crippen LogP contribution is -2.33. The van der Waals surface area contributed by atoms with Crippen molar-refractivity contribution in [3.05, 3.63) is 22.4 Å². The minimum Gasteiger partial charge on any atom is -0.314 e. The van der Waals surface area contributed by atoms with Gasteiger partial charge in [0, 0.05) is 10.9 Å². The molecule has 1 N–H and O–H groups in total. The van der Waals surface area contributed by atoms with Crippen LogP contribution in [0.2, 0.25) is 0 Å². The molecule has 3 atom stereocenters. The van der Waals surface area contributed by atoms with E-state index in [-0.39, 0.29) is 0 Å². The van der Waals surface area contributed by atoms with Gasteiger partial charge in [0.2, 0.25) is 0 Å². The molecule has 0 bridgehead atoms. The van der Waals surface area contributed by atoms with Crippen LogP contribution in [0.25, 0.3) is 0 Å². The van der Waals surface area contributed by atoms with E-state index in [4.69, 9.17) is 0 Å². The Kier molecular flexibility index (Phi) is 3.24. The minimum atomic E-state index is 0.716. The van der Waals surface area contributed by atoms with Crippen LogP contribution in [0, 0.1) is 11.8 Å². The second-order valence-corrected chi connectivity index (χ2v) is 5.36. The highest BCUT2D eigenvalue weighted by Crippen LogP contribution is 2.41. The molecule has 1 heterocycles. The normalized spacial score (nSPS) is 27.6. The van der Waals surface area contributed by atoms with Crippen molar-refractivity contribution in [3.63, 3.8) is 0 Å². The van der Waals surface area contributed by atoms with Gasteiger partial charge in [-0.3, -0.25) is 0 Å². The van der Waals surface area contributed by atoms with Crippen LogP contribution in [0.4, 0.5) is 0 Å². The van der Waals surface area contributed by atoms with Crippen LogP contribution >= 0.6 is 11.3 Å². The van der Waals surface area contributed by atoms with Gasteiger partial charge in [-0.25, -0.2) is 0 Å². The fraction of sp³-hybridized carbons (Fsp3) is 0.667. The predicted octanol–water partition coefficient (Wildman–Crippen LogP) is 2.92. The van der Waals surface area contributed by atoms with Crippen LogP contribution in [-0.2, 0) is 6.42 Å². The van der Waals surface area contributed by atoms with E-state index in [9.17, 15) is 0 Å². The second-order valence-electron chi connectivity index (χ2n) is 4.32. The third-order valence-corrected chi connectivity index (χ3v) is 4.05. The highest BCUT2D eigenvalue weighted by atomic mass is 32.1. The first-order valence-corrected chi connectivity index (χ1v) is 6.45. The SMILES string of the molecule is CCNC(Cc1cccs1)C1CC1C. The monoisotopic (exact) mass is 209 g/mol. The largest absolute Gasteiger partial charge is 0.314 e. The van der Waals surface area contributed by atoms with Crippen LogP contribution in [0.3, 0.4) is 0 Å². The van der Waals surface area contributed by atoms with E-state index >= 15 is 0 Å². The average Bonchev–Trinajstić information content (AvgIpc) is 2.68. The van der Waals surface area contributed by atoms with Crippen molar-refractivity contribution in [1.29, 1.82) is 0 Å². The van der Waals surface area contributed by atoms with Gasteiger partial charge < -0.3 is 5.32 Å². The average molecular weight is 209 g/mol. The summed E-state index contributed by atoms with van der Waals surface area (Å²) in [4.78, 5) is 1.52. The summed E-state index contributed by atoms with van der Waals surface area (Å²) in [6.07, 6.45) is 2.64. The van der Waals surface area contributed by atoms with E-state index in [0.29, 0.717) is 6.04 Å². The van der Waals surface area contributed by atoms with E-state index in [2.05, 4.69) is 36.7 Å². The van der Waals surface area contributed by atoms with Gasteiger partial charge >= 0.3 is 0 Å². The topological polar surface area (TPSA) is 12.0 Å². The van der Waals surface area contributed by atoms with Crippen LogP contribution in [0.1, 0.15) is 25.1 Å². The number of hydrogen-bond donors (Lipinski definition) is 1. The molecule has 1 nitrogen and oxygen atoms in total. The Morgan fingerprint density at radius 2 is 2.43 bits per heavy atom. The second kappa shape index (κ2) is 4.45. The first-order chi connectivity index (χ1) is 6.81. The third-order valence-electron chi connectivity index (χ3n) is 3.16. The van der Waals surface area contributed by atoms with Gasteiger partial charge in [0.25, 0.3) is 0 Å². The lowest BCUT2D eigenvalue weighted by atomic mass is 10.1. The first-order valence-electron chi connectivity index (χ1n) is 5.57. The molecule has 1 aliphatic rings. The van der Waals surface area contributed by atoms with Crippen LogP contribution < -0.4 is 5.32 Å². The molecule has 0 aliphatic heterocycles. The molecule has 14 heavy (non-hydrogen) atoms. The number of hydrogen-bond acceptors (Lipinski definition) is 2. The molecule has 1 fully saturated rings. The molecule has 2 rings (SSSR count). The molecule has 0 saturated heterocycles. The lowest BCUT2D eigenvalue weighted by molar-refractivity contribution is 0.457. The van der Waals surface area contributed by atoms with Gasteiger partial charge in [-0.1, -0.05) is 19.9 Å². The van der Waals surface area contributed by atoms with Gasteiger partial charge in [-0.2, -0.15) is 0 Å². The van der Waals surface area contributed by atoms with Crippen molar-refractivity contribution in [1.82, 2.24) is 5.32 Å². The molecule has 1 saturated carbocycles. The Labute approximate surface area is 90.5 Å². The summed E-state index contributed by atoms with van der Waals surface area (Å²) in [5, 5.41) is 5.80. The molecule has 0 amide bonds. The molecular weight excluding hydrogens is 190 g/mol. The van der Waals surface area contributed by atoms with Gasteiger partial charge in [-0.15, -0.1) is 11.3 Å². The summed E-state index contributed by atoms with van der Waals surface area (Å²) in [5.74, 6) is 1.87. The molecule has 2 heteroatoms. The number of rotatable bonds is 5. The number of likely N-dealkylation sites (N-methyl/N-ethyl adjacent to an activating group) is 1. The van der Waals surface area contributed by atoms with E-state index in [1.54, 1.807) is 0 Å². The Balaban J connectivity index is 1.91. The fourth-order valence-corrected chi connectivity index (χ4v) is 2.96. The van der Waals surface area contributed by atoms with Crippen molar-refractivity contribution in [2.45, 2.75) is 32.7 Å². The zero-order chi connectivity index (χ0) is 9.97. The standard InChI is InChI=1S/C12H19NS/c1-3-13-12(11-7-9(11)2)8-10-5-4-6-14-10/h4-6,9,11-13H,3,7-8H2,1-2H3. The predicted molar refractivity (Wildman–Crippen MR) is 62.8 cm³/mol. The Bertz CT molecular complexity index is 268. The molecule has 78 valence electrons. The smallest absolute Gasteiger partial charge is 0.0146 e. The van der Waals surface area contributed by atoms with Crippen molar-refractivity contribution >= 4 is 11.3 Å². The zero-order valence-electron chi connectivity index (χ0n) is 8.99. The molecule has 0 spiro atoms. The summed E-state index contributed by atoms with van der Waals surface area (Å²) in [6.45, 7) is 5.66. The molecule has 1 aliphatic carbocycles. The molecule has 0 radical (unpaired) electrons. The molecule has 3 unspecified atom stereocenters. The maximum atomic E-state index is 3.62. The summed E-state index contributed by atoms with van der Waals surface area (Å²) >= 11 is 1.88. The van der Waals surface area contributed by atoms with E-state index < -0.39 is 0 Å². The summed E-state index contributed by atoms with van der Waals surface area (Å²) in [5.41, 5.74) is 0. The third kappa shape index (κ3) is 2.37. The summed E-state index contributed by atoms with van der Waals surface area (Å²) in [6, 6.07) is 5.12. The van der Waals surface area contributed by atoms with E-state index in [1.807, 2.05) is 11.3 Å². The van der Waals surface area contributed by atoms with Gasteiger partial charge in [-0.05, 0) is 42.7 Å². The van der Waals surface area contributed by atoms with Crippen molar-refractivity contribution in [2.24, 2.45) is 11.8 Å². The maximum Gasteiger partial charge on any atom is 0.0146 e. The molecule has 1 aromatic heterocycles. The van der Waals surface area contributed by atoms with Crippen LogP contribution in [-0.4, -0.2) is 12.6 Å². The Morgan fingerprint density at radius 3 is 2.93 bits per heavy atom. The summed E-state index contributed by atoms with van der Waals surface area (Å²) < 4.78 is 0. The lowest BCUT2D eigenvalue weighted by Gasteiger charge is -2.16. The van der Waals surface area contributed by atoms with Gasteiger partial charge in [0.15, 0.2) is 0 Å². The Morgan fingerprint density at radius 1 is 1.64 bits per heavy atom. The van der Waals surface area contributed by atoms with Crippen LogP contribution in [0.15, 0.2) is 17.5 Å². The highest BCUT2D eigenvalue weighted by Gasteiger charge is 2.38.